The van der Waals surface area contributed by atoms with E-state index in [-0.39, 0.29) is 6.04 Å². The van der Waals surface area contributed by atoms with E-state index in [2.05, 4.69) is 56.4 Å². The molecular formula is C17H22ClNS. The Morgan fingerprint density at radius 1 is 1.20 bits per heavy atom. The minimum atomic E-state index is 0.247. The summed E-state index contributed by atoms with van der Waals surface area (Å²) >= 11 is 7.91. The number of thiophene rings is 1. The third-order valence-corrected chi connectivity index (χ3v) is 5.10. The third kappa shape index (κ3) is 3.63. The molecule has 3 heteroatoms. The average molecular weight is 308 g/mol. The Labute approximate surface area is 131 Å². The second-order valence-corrected chi connectivity index (χ2v) is 6.77. The molecule has 1 unspecified atom stereocenters. The molecule has 0 saturated heterocycles. The first-order valence-electron chi connectivity index (χ1n) is 7.23. The van der Waals surface area contributed by atoms with E-state index in [9.17, 15) is 0 Å². The van der Waals surface area contributed by atoms with Gasteiger partial charge in [0.2, 0.25) is 0 Å². The summed E-state index contributed by atoms with van der Waals surface area (Å²) in [7, 11) is 0. The fourth-order valence-corrected chi connectivity index (χ4v) is 3.56. The van der Waals surface area contributed by atoms with Crippen molar-refractivity contribution >= 4 is 22.9 Å². The number of benzene rings is 1. The smallest absolute Gasteiger partial charge is 0.0961 e. The van der Waals surface area contributed by atoms with Crippen LogP contribution in [-0.4, -0.2) is 6.54 Å². The summed E-state index contributed by atoms with van der Waals surface area (Å²) in [5.74, 6) is 0. The first kappa shape index (κ1) is 15.6. The van der Waals surface area contributed by atoms with Gasteiger partial charge in [-0.15, -0.1) is 11.3 Å². The molecule has 1 heterocycles. The van der Waals surface area contributed by atoms with Gasteiger partial charge in [0.15, 0.2) is 0 Å². The van der Waals surface area contributed by atoms with Crippen LogP contribution >= 0.6 is 22.9 Å². The van der Waals surface area contributed by atoms with Gasteiger partial charge in [-0.05, 0) is 49.1 Å². The summed E-state index contributed by atoms with van der Waals surface area (Å²) in [4.78, 5) is 1.30. The molecule has 0 aliphatic rings. The predicted molar refractivity (Wildman–Crippen MR) is 90.0 cm³/mol. The molecule has 0 fully saturated rings. The molecule has 0 spiro atoms. The fourth-order valence-electron chi connectivity index (χ4n) is 2.24. The van der Waals surface area contributed by atoms with Crippen molar-refractivity contribution in [3.8, 4) is 0 Å². The zero-order valence-electron chi connectivity index (χ0n) is 12.4. The predicted octanol–water partition coefficient (Wildman–Crippen LogP) is 5.36. The Hall–Kier alpha value is -0.830. The zero-order chi connectivity index (χ0) is 14.5. The molecule has 0 aliphatic carbocycles. The van der Waals surface area contributed by atoms with Crippen LogP contribution < -0.4 is 5.32 Å². The SMILES string of the molecule is CCCNC(c1ccc(CC)cc1)c1cc(C)c(Cl)s1. The van der Waals surface area contributed by atoms with Gasteiger partial charge in [0.1, 0.15) is 0 Å². The van der Waals surface area contributed by atoms with Crippen molar-refractivity contribution in [3.05, 3.63) is 56.2 Å². The fraction of sp³-hybridized carbons (Fsp3) is 0.412. The highest BCUT2D eigenvalue weighted by Crippen LogP contribution is 2.34. The second kappa shape index (κ2) is 7.26. The normalized spacial score (nSPS) is 12.6. The lowest BCUT2D eigenvalue weighted by molar-refractivity contribution is 0.605. The molecule has 2 aromatic rings. The van der Waals surface area contributed by atoms with Gasteiger partial charge in [-0.3, -0.25) is 0 Å². The molecule has 0 amide bonds. The van der Waals surface area contributed by atoms with E-state index in [0.29, 0.717) is 0 Å². The zero-order valence-corrected chi connectivity index (χ0v) is 13.9. The summed E-state index contributed by atoms with van der Waals surface area (Å²) in [6.45, 7) is 7.45. The third-order valence-electron chi connectivity index (χ3n) is 3.48. The van der Waals surface area contributed by atoms with Gasteiger partial charge >= 0.3 is 0 Å². The quantitative estimate of drug-likeness (QED) is 0.757. The summed E-state index contributed by atoms with van der Waals surface area (Å²) in [6.07, 6.45) is 2.21. The van der Waals surface area contributed by atoms with Gasteiger partial charge in [-0.2, -0.15) is 0 Å². The van der Waals surface area contributed by atoms with Gasteiger partial charge in [-0.1, -0.05) is 49.7 Å². The minimum absolute atomic E-state index is 0.247. The van der Waals surface area contributed by atoms with E-state index in [4.69, 9.17) is 11.6 Å². The van der Waals surface area contributed by atoms with E-state index in [1.165, 1.54) is 21.6 Å². The molecule has 1 aromatic carbocycles. The average Bonchev–Trinajstić information content (AvgIpc) is 2.79. The van der Waals surface area contributed by atoms with Gasteiger partial charge in [0.25, 0.3) is 0 Å². The van der Waals surface area contributed by atoms with Crippen molar-refractivity contribution < 1.29 is 0 Å². The maximum atomic E-state index is 6.23. The number of aryl methyl sites for hydroxylation is 2. The molecule has 108 valence electrons. The van der Waals surface area contributed by atoms with E-state index in [1.54, 1.807) is 11.3 Å². The van der Waals surface area contributed by atoms with Crippen molar-refractivity contribution in [1.82, 2.24) is 5.32 Å². The van der Waals surface area contributed by atoms with Crippen LogP contribution in [0.5, 0.6) is 0 Å². The molecule has 0 radical (unpaired) electrons. The summed E-state index contributed by atoms with van der Waals surface area (Å²) in [5.41, 5.74) is 3.86. The molecule has 1 aromatic heterocycles. The van der Waals surface area contributed by atoms with Crippen molar-refractivity contribution in [2.24, 2.45) is 0 Å². The highest BCUT2D eigenvalue weighted by molar-refractivity contribution is 7.16. The summed E-state index contributed by atoms with van der Waals surface area (Å²) < 4.78 is 0.897. The number of hydrogen-bond acceptors (Lipinski definition) is 2. The molecular weight excluding hydrogens is 286 g/mol. The number of rotatable bonds is 6. The highest BCUT2D eigenvalue weighted by atomic mass is 35.5. The molecule has 1 nitrogen and oxygen atoms in total. The van der Waals surface area contributed by atoms with E-state index in [0.717, 1.165) is 23.7 Å². The van der Waals surface area contributed by atoms with Crippen LogP contribution in [0, 0.1) is 6.92 Å². The Bertz CT molecular complexity index is 525. The van der Waals surface area contributed by atoms with Gasteiger partial charge in [0, 0.05) is 4.88 Å². The van der Waals surface area contributed by atoms with Crippen LogP contribution in [0.15, 0.2) is 30.3 Å². The molecule has 0 saturated carbocycles. The van der Waals surface area contributed by atoms with Gasteiger partial charge < -0.3 is 5.32 Å². The molecule has 2 rings (SSSR count). The minimum Gasteiger partial charge on any atom is -0.306 e. The van der Waals surface area contributed by atoms with Gasteiger partial charge in [-0.25, -0.2) is 0 Å². The summed E-state index contributed by atoms with van der Waals surface area (Å²) in [5, 5.41) is 3.63. The largest absolute Gasteiger partial charge is 0.306 e. The molecule has 0 bridgehead atoms. The Morgan fingerprint density at radius 2 is 1.90 bits per heavy atom. The standard InChI is InChI=1S/C17H22ClNS/c1-4-10-19-16(15-11-12(3)17(18)20-15)14-8-6-13(5-2)7-9-14/h6-9,11,16,19H,4-5,10H2,1-3H3. The second-order valence-electron chi connectivity index (χ2n) is 5.09. The van der Waals surface area contributed by atoms with E-state index < -0.39 is 0 Å². The monoisotopic (exact) mass is 307 g/mol. The molecule has 20 heavy (non-hydrogen) atoms. The highest BCUT2D eigenvalue weighted by Gasteiger charge is 2.16. The topological polar surface area (TPSA) is 12.0 Å². The van der Waals surface area contributed by atoms with E-state index >= 15 is 0 Å². The van der Waals surface area contributed by atoms with Crippen molar-refractivity contribution in [3.63, 3.8) is 0 Å². The number of halogens is 1. The molecule has 0 aliphatic heterocycles. The Kier molecular flexibility index (Phi) is 5.64. The van der Waals surface area contributed by atoms with Crippen LogP contribution in [0.2, 0.25) is 4.34 Å². The molecule has 1 N–H and O–H groups in total. The van der Waals surface area contributed by atoms with Crippen molar-refractivity contribution in [2.45, 2.75) is 39.7 Å². The van der Waals surface area contributed by atoms with Gasteiger partial charge in [0.05, 0.1) is 10.4 Å². The van der Waals surface area contributed by atoms with Crippen LogP contribution in [-0.2, 0) is 6.42 Å². The first-order valence-corrected chi connectivity index (χ1v) is 8.43. The lowest BCUT2D eigenvalue weighted by atomic mass is 10.0. The van der Waals surface area contributed by atoms with Crippen LogP contribution in [0.4, 0.5) is 0 Å². The van der Waals surface area contributed by atoms with Crippen LogP contribution in [0.1, 0.15) is 47.9 Å². The first-order chi connectivity index (χ1) is 9.65. The van der Waals surface area contributed by atoms with Crippen molar-refractivity contribution in [1.29, 1.82) is 0 Å². The Morgan fingerprint density at radius 3 is 2.40 bits per heavy atom. The molecule has 1 atom stereocenters. The van der Waals surface area contributed by atoms with Crippen molar-refractivity contribution in [2.75, 3.05) is 6.54 Å². The van der Waals surface area contributed by atoms with E-state index in [1.807, 2.05) is 0 Å². The maximum absolute atomic E-state index is 6.23. The van der Waals surface area contributed by atoms with Crippen LogP contribution in [0.25, 0.3) is 0 Å². The number of nitrogens with one attached hydrogen (secondary N) is 1. The summed E-state index contributed by atoms with van der Waals surface area (Å²) in [6, 6.07) is 11.4. The lowest BCUT2D eigenvalue weighted by Crippen LogP contribution is -2.22. The Balaban J connectivity index is 2.30. The maximum Gasteiger partial charge on any atom is 0.0961 e. The lowest BCUT2D eigenvalue weighted by Gasteiger charge is -2.18. The number of hydrogen-bond donors (Lipinski definition) is 1. The van der Waals surface area contributed by atoms with Crippen LogP contribution in [0.3, 0.4) is 0 Å².